The molecule has 3 rings (SSSR count). The van der Waals surface area contributed by atoms with Gasteiger partial charge in [-0.1, -0.05) is 84.3 Å². The van der Waals surface area contributed by atoms with Gasteiger partial charge in [0.15, 0.2) is 8.32 Å². The zero-order chi connectivity index (χ0) is 34.2. The van der Waals surface area contributed by atoms with Crippen LogP contribution in [0.4, 0.5) is 0 Å². The molecule has 1 unspecified atom stereocenters. The van der Waals surface area contributed by atoms with Crippen LogP contribution in [0.5, 0.6) is 0 Å². The summed E-state index contributed by atoms with van der Waals surface area (Å²) in [4.78, 5) is 9.39. The van der Waals surface area contributed by atoms with Gasteiger partial charge in [0, 0.05) is 72.9 Å². The Hall–Kier alpha value is -1.87. The number of rotatable bonds is 19. The Bertz CT molecular complexity index is 1260. The van der Waals surface area contributed by atoms with E-state index in [2.05, 4.69) is 94.4 Å². The molecule has 0 saturated heterocycles. The molecule has 1 atom stereocenters. The molecule has 11 heteroatoms. The highest BCUT2D eigenvalue weighted by Gasteiger charge is 2.37. The Morgan fingerprint density at radius 2 is 1.20 bits per heavy atom. The van der Waals surface area contributed by atoms with Crippen LogP contribution in [0.1, 0.15) is 49.7 Å². The van der Waals surface area contributed by atoms with Crippen molar-refractivity contribution in [2.24, 2.45) is 5.92 Å². The smallest absolute Gasteiger partial charge is 0.192 e. The van der Waals surface area contributed by atoms with E-state index < -0.39 is 30.6 Å². The van der Waals surface area contributed by atoms with Gasteiger partial charge in [-0.2, -0.15) is 0 Å². The van der Waals surface area contributed by atoms with E-state index in [4.69, 9.17) is 23.9 Å². The van der Waals surface area contributed by atoms with E-state index in [0.717, 1.165) is 48.1 Å². The Morgan fingerprint density at radius 3 is 1.61 bits per heavy atom. The van der Waals surface area contributed by atoms with Crippen molar-refractivity contribution in [1.29, 1.82) is 0 Å². The third-order valence-corrected chi connectivity index (χ3v) is 17.0. The lowest BCUT2D eigenvalue weighted by atomic mass is 9.89. The highest BCUT2D eigenvalue weighted by molar-refractivity contribution is 6.76. The first-order valence-electron chi connectivity index (χ1n) is 16.9. The van der Waals surface area contributed by atoms with Crippen LogP contribution in [0.2, 0.25) is 69.5 Å². The van der Waals surface area contributed by atoms with Gasteiger partial charge < -0.3 is 28.1 Å². The number of hydrogen-bond donors (Lipinski definition) is 1. The highest BCUT2D eigenvalue weighted by Crippen LogP contribution is 2.37. The van der Waals surface area contributed by atoms with Crippen LogP contribution in [0.3, 0.4) is 0 Å². The van der Waals surface area contributed by atoms with Crippen LogP contribution in [0.25, 0.3) is 0 Å². The second-order valence-electron chi connectivity index (χ2n) is 16.7. The van der Waals surface area contributed by atoms with Crippen molar-refractivity contribution in [2.75, 3.05) is 13.2 Å². The van der Waals surface area contributed by atoms with Gasteiger partial charge >= 0.3 is 0 Å². The van der Waals surface area contributed by atoms with Crippen LogP contribution >= 0.6 is 0 Å². The molecule has 0 aliphatic rings. The van der Waals surface area contributed by atoms with E-state index in [0.29, 0.717) is 32.9 Å². The Morgan fingerprint density at radius 1 is 0.739 bits per heavy atom. The van der Waals surface area contributed by atoms with Gasteiger partial charge in [0.1, 0.15) is 25.1 Å². The molecular formula is C35H62N4O4Si3. The van der Waals surface area contributed by atoms with Crippen LogP contribution in [-0.2, 0) is 46.8 Å². The molecule has 0 fully saturated rings. The highest BCUT2D eigenvalue weighted by atomic mass is 28.4. The first kappa shape index (κ1) is 38.6. The van der Waals surface area contributed by atoms with Crippen LogP contribution in [-0.4, -0.2) is 61.9 Å². The summed E-state index contributed by atoms with van der Waals surface area (Å²) in [6.45, 7) is 28.5. The summed E-state index contributed by atoms with van der Waals surface area (Å²) in [5.74, 6) is 1.66. The number of aliphatic hydroxyl groups excluding tert-OH is 1. The van der Waals surface area contributed by atoms with E-state index in [1.165, 1.54) is 0 Å². The quantitative estimate of drug-likeness (QED) is 0.101. The van der Waals surface area contributed by atoms with E-state index in [-0.39, 0.29) is 11.0 Å². The number of nitrogens with zero attached hydrogens (tertiary/aromatic N) is 4. The van der Waals surface area contributed by atoms with E-state index in [9.17, 15) is 5.11 Å². The Balaban J connectivity index is 1.77. The lowest BCUT2D eigenvalue weighted by Gasteiger charge is -2.36. The normalized spacial score (nSPS) is 13.9. The molecule has 0 radical (unpaired) electrons. The van der Waals surface area contributed by atoms with Crippen molar-refractivity contribution in [3.63, 3.8) is 0 Å². The molecule has 0 saturated carbocycles. The first-order chi connectivity index (χ1) is 21.3. The van der Waals surface area contributed by atoms with Gasteiger partial charge in [0.05, 0.1) is 12.7 Å². The monoisotopic (exact) mass is 686 g/mol. The average molecular weight is 687 g/mol. The first-order valence-corrected chi connectivity index (χ1v) is 27.2. The molecule has 46 heavy (non-hydrogen) atoms. The molecule has 0 amide bonds. The van der Waals surface area contributed by atoms with Crippen LogP contribution in [0, 0.1) is 5.92 Å². The number of aliphatic hydroxyl groups is 1. The third-order valence-electron chi connectivity index (χ3n) is 9.12. The van der Waals surface area contributed by atoms with Gasteiger partial charge in [-0.3, -0.25) is 0 Å². The maximum Gasteiger partial charge on any atom is 0.192 e. The molecule has 258 valence electrons. The summed E-state index contributed by atoms with van der Waals surface area (Å²) in [7, 11) is -4.19. The maximum absolute atomic E-state index is 11.9. The average Bonchev–Trinajstić information content (AvgIpc) is 3.59. The second-order valence-corrected chi connectivity index (χ2v) is 32.8. The molecule has 3 aromatic rings. The number of aromatic nitrogens is 4. The third kappa shape index (κ3) is 12.6. The molecule has 2 heterocycles. The minimum absolute atomic E-state index is 0.152. The summed E-state index contributed by atoms with van der Waals surface area (Å²) in [6.07, 6.45) is 8.06. The predicted molar refractivity (Wildman–Crippen MR) is 197 cm³/mol. The largest absolute Gasteiger partial charge is 0.413 e. The number of hydrogen-bond acceptors (Lipinski definition) is 6. The molecule has 1 N–H and O–H groups in total. The molecule has 2 aromatic heterocycles. The van der Waals surface area contributed by atoms with Gasteiger partial charge in [-0.15, -0.1) is 0 Å². The van der Waals surface area contributed by atoms with Crippen molar-refractivity contribution in [3.05, 3.63) is 71.8 Å². The topological polar surface area (TPSA) is 83.6 Å². The van der Waals surface area contributed by atoms with E-state index in [1.807, 2.05) is 36.9 Å². The maximum atomic E-state index is 11.9. The van der Waals surface area contributed by atoms with Gasteiger partial charge in [0.25, 0.3) is 0 Å². The van der Waals surface area contributed by atoms with Gasteiger partial charge in [0.2, 0.25) is 0 Å². The molecule has 0 aliphatic carbocycles. The number of ether oxygens (including phenoxy) is 2. The summed E-state index contributed by atoms with van der Waals surface area (Å²) < 4.78 is 22.7. The van der Waals surface area contributed by atoms with Crippen molar-refractivity contribution in [1.82, 2.24) is 19.1 Å². The van der Waals surface area contributed by atoms with Gasteiger partial charge in [-0.25, -0.2) is 9.97 Å². The summed E-state index contributed by atoms with van der Waals surface area (Å²) in [5, 5.41) is 12.0. The fraction of sp³-hybridized carbons (Fsp3) is 0.657. The fourth-order valence-corrected chi connectivity index (χ4v) is 7.18. The van der Waals surface area contributed by atoms with E-state index in [1.54, 1.807) is 0 Å². The molecule has 1 aromatic carbocycles. The Labute approximate surface area is 282 Å². The Kier molecular flexibility index (Phi) is 13.8. The fourth-order valence-electron chi connectivity index (χ4n) is 4.71. The second kappa shape index (κ2) is 16.5. The standard InChI is InChI=1S/C35H62N4O4Si3/c1-35(2,3)46(10,11)43-26-29-12-14-30(15-13-29)34(40)31(24-32-36-16-18-38(32)27-41-20-22-44(4,5)6)25-33-37-17-19-39(33)28-42-21-23-45(7,8)9/h12-19,31,34,40H,20-28H2,1-11H3. The SMILES string of the molecule is CC(C)(C)[Si](C)(C)OCc1ccc(C(O)C(Cc2nccn2COCC[Si](C)(C)C)Cc2nccn2COCC[Si](C)(C)C)cc1. The number of imidazole rings is 2. The summed E-state index contributed by atoms with van der Waals surface area (Å²) in [5.41, 5.74) is 2.00. The lowest BCUT2D eigenvalue weighted by molar-refractivity contribution is 0.0752. The minimum Gasteiger partial charge on any atom is -0.413 e. The lowest BCUT2D eigenvalue weighted by Crippen LogP contribution is -2.40. The predicted octanol–water partition coefficient (Wildman–Crippen LogP) is 8.36. The molecule has 0 bridgehead atoms. The van der Waals surface area contributed by atoms with Crippen molar-refractivity contribution >= 4 is 24.5 Å². The summed E-state index contributed by atoms with van der Waals surface area (Å²) >= 11 is 0. The van der Waals surface area contributed by atoms with Crippen molar-refractivity contribution < 1.29 is 19.0 Å². The zero-order valence-electron chi connectivity index (χ0n) is 30.6. The van der Waals surface area contributed by atoms with Crippen LogP contribution in [0.15, 0.2) is 49.1 Å². The molecular weight excluding hydrogens is 625 g/mol. The number of benzene rings is 1. The van der Waals surface area contributed by atoms with Crippen molar-refractivity contribution in [2.45, 2.75) is 129 Å². The minimum atomic E-state index is -1.85. The van der Waals surface area contributed by atoms with Crippen LogP contribution < -0.4 is 0 Å². The summed E-state index contributed by atoms with van der Waals surface area (Å²) in [6, 6.07) is 10.5. The zero-order valence-corrected chi connectivity index (χ0v) is 33.6. The van der Waals surface area contributed by atoms with E-state index >= 15 is 0 Å². The van der Waals surface area contributed by atoms with Crippen molar-refractivity contribution in [3.8, 4) is 0 Å². The molecule has 0 aliphatic heterocycles. The molecule has 8 nitrogen and oxygen atoms in total. The van der Waals surface area contributed by atoms with Gasteiger partial charge in [-0.05, 0) is 41.3 Å². The molecule has 0 spiro atoms.